The summed E-state index contributed by atoms with van der Waals surface area (Å²) in [6.45, 7) is 10.2. The molecule has 0 atom stereocenters. The molecule has 0 bridgehead atoms. The highest BCUT2D eigenvalue weighted by atomic mass is 16.7. The van der Waals surface area contributed by atoms with Crippen molar-refractivity contribution >= 4 is 13.2 Å². The zero-order chi connectivity index (χ0) is 13.6. The van der Waals surface area contributed by atoms with E-state index in [9.17, 15) is 0 Å². The van der Waals surface area contributed by atoms with Crippen LogP contribution in [0.25, 0.3) is 6.08 Å². The fraction of sp³-hybridized carbons (Fsp3) is 0.615. The third-order valence-corrected chi connectivity index (χ3v) is 3.83. The molecule has 2 heterocycles. The van der Waals surface area contributed by atoms with E-state index in [-0.39, 0.29) is 18.3 Å². The lowest BCUT2D eigenvalue weighted by Crippen LogP contribution is -2.41. The second-order valence-corrected chi connectivity index (χ2v) is 5.82. The largest absolute Gasteiger partial charge is 0.487 e. The van der Waals surface area contributed by atoms with Crippen molar-refractivity contribution < 1.29 is 9.31 Å². The molecule has 5 heteroatoms. The van der Waals surface area contributed by atoms with Crippen LogP contribution in [-0.4, -0.2) is 28.1 Å². The molecule has 98 valence electrons. The van der Waals surface area contributed by atoms with E-state index in [1.54, 1.807) is 0 Å². The van der Waals surface area contributed by atoms with E-state index >= 15 is 0 Å². The van der Waals surface area contributed by atoms with E-state index in [0.717, 1.165) is 11.4 Å². The van der Waals surface area contributed by atoms with Gasteiger partial charge < -0.3 is 9.31 Å². The molecule has 0 spiro atoms. The van der Waals surface area contributed by atoms with E-state index in [1.165, 1.54) is 0 Å². The lowest BCUT2D eigenvalue weighted by Gasteiger charge is -2.32. The lowest BCUT2D eigenvalue weighted by atomic mass is 9.90. The molecule has 1 aliphatic heterocycles. The van der Waals surface area contributed by atoms with Gasteiger partial charge in [0.25, 0.3) is 0 Å². The van der Waals surface area contributed by atoms with Crippen LogP contribution in [0.5, 0.6) is 0 Å². The number of hydrogen-bond donors (Lipinski definition) is 0. The van der Waals surface area contributed by atoms with Gasteiger partial charge in [-0.2, -0.15) is 5.10 Å². The summed E-state index contributed by atoms with van der Waals surface area (Å²) in [6, 6.07) is 2.03. The minimum atomic E-state index is -0.308. The Morgan fingerprint density at radius 1 is 1.22 bits per heavy atom. The quantitative estimate of drug-likeness (QED) is 0.754. The van der Waals surface area contributed by atoms with Crippen molar-refractivity contribution in [1.29, 1.82) is 0 Å². The molecular formula is C13H21BN2O2. The summed E-state index contributed by atoms with van der Waals surface area (Å²) in [4.78, 5) is 0. The Labute approximate surface area is 109 Å². The van der Waals surface area contributed by atoms with Gasteiger partial charge in [-0.1, -0.05) is 5.98 Å². The molecule has 0 radical (unpaired) electrons. The highest BCUT2D eigenvalue weighted by molar-refractivity contribution is 6.52. The predicted molar refractivity (Wildman–Crippen MR) is 73.1 cm³/mol. The highest BCUT2D eigenvalue weighted by Crippen LogP contribution is 2.36. The number of aromatic nitrogens is 2. The molecule has 1 aliphatic rings. The smallest absolute Gasteiger partial charge is 0.400 e. The van der Waals surface area contributed by atoms with E-state index in [2.05, 4.69) is 5.10 Å². The van der Waals surface area contributed by atoms with Gasteiger partial charge in [0.1, 0.15) is 0 Å². The van der Waals surface area contributed by atoms with Gasteiger partial charge in [-0.05, 0) is 46.8 Å². The first-order valence-electron chi connectivity index (χ1n) is 6.26. The van der Waals surface area contributed by atoms with Crippen molar-refractivity contribution in [2.45, 2.75) is 45.8 Å². The Morgan fingerprint density at radius 3 is 2.22 bits per heavy atom. The first-order valence-corrected chi connectivity index (χ1v) is 6.26. The third-order valence-electron chi connectivity index (χ3n) is 3.83. The zero-order valence-corrected chi connectivity index (χ0v) is 12.0. The van der Waals surface area contributed by atoms with Crippen LogP contribution in [0, 0.1) is 6.92 Å². The molecule has 1 aromatic rings. The Morgan fingerprint density at radius 2 is 1.78 bits per heavy atom. The molecule has 0 aliphatic carbocycles. The van der Waals surface area contributed by atoms with E-state index in [0.29, 0.717) is 0 Å². The van der Waals surface area contributed by atoms with Crippen LogP contribution in [0.3, 0.4) is 0 Å². The average Bonchev–Trinajstić information content (AvgIpc) is 2.63. The molecule has 18 heavy (non-hydrogen) atoms. The zero-order valence-electron chi connectivity index (χ0n) is 12.0. The molecule has 0 amide bonds. The van der Waals surface area contributed by atoms with Crippen molar-refractivity contribution in [3.8, 4) is 0 Å². The fourth-order valence-corrected chi connectivity index (χ4v) is 1.81. The van der Waals surface area contributed by atoms with Crippen LogP contribution in [0.4, 0.5) is 0 Å². The maximum atomic E-state index is 5.88. The van der Waals surface area contributed by atoms with E-state index in [4.69, 9.17) is 9.31 Å². The summed E-state index contributed by atoms with van der Waals surface area (Å²) < 4.78 is 13.6. The van der Waals surface area contributed by atoms with Gasteiger partial charge in [-0.15, -0.1) is 0 Å². The second-order valence-electron chi connectivity index (χ2n) is 5.82. The van der Waals surface area contributed by atoms with Gasteiger partial charge in [0, 0.05) is 12.7 Å². The normalized spacial score (nSPS) is 22.0. The van der Waals surface area contributed by atoms with Gasteiger partial charge in [0.2, 0.25) is 0 Å². The second kappa shape index (κ2) is 4.25. The summed E-state index contributed by atoms with van der Waals surface area (Å²) in [5.41, 5.74) is 1.47. The molecule has 0 aromatic carbocycles. The van der Waals surface area contributed by atoms with Crippen molar-refractivity contribution in [3.05, 3.63) is 23.4 Å². The molecule has 0 N–H and O–H groups in total. The summed E-state index contributed by atoms with van der Waals surface area (Å²) in [6.07, 6.45) is 1.94. The summed E-state index contributed by atoms with van der Waals surface area (Å²) in [7, 11) is 1.62. The Kier molecular flexibility index (Phi) is 3.15. The topological polar surface area (TPSA) is 36.3 Å². The molecular weight excluding hydrogens is 227 g/mol. The van der Waals surface area contributed by atoms with E-state index in [1.807, 2.05) is 64.5 Å². The maximum Gasteiger partial charge on any atom is 0.487 e. The molecule has 1 fully saturated rings. The molecule has 1 saturated heterocycles. The monoisotopic (exact) mass is 248 g/mol. The molecule has 0 unspecified atom stereocenters. The Bertz CT molecular complexity index is 442. The van der Waals surface area contributed by atoms with Gasteiger partial charge in [-0.3, -0.25) is 4.68 Å². The molecule has 0 saturated carbocycles. The SMILES string of the molecule is Cc1cc(/C=C/B2OC(C)(C)C(C)(C)O2)nn1C. The first kappa shape index (κ1) is 13.4. The van der Waals surface area contributed by atoms with Crippen LogP contribution in [0.2, 0.25) is 0 Å². The summed E-state index contributed by atoms with van der Waals surface area (Å²) >= 11 is 0. The summed E-state index contributed by atoms with van der Waals surface area (Å²) in [5, 5.41) is 4.36. The van der Waals surface area contributed by atoms with Crippen molar-refractivity contribution in [2.75, 3.05) is 0 Å². The van der Waals surface area contributed by atoms with Gasteiger partial charge in [-0.25, -0.2) is 0 Å². The Balaban J connectivity index is 2.08. The van der Waals surface area contributed by atoms with Crippen LogP contribution in [0.1, 0.15) is 39.1 Å². The average molecular weight is 248 g/mol. The van der Waals surface area contributed by atoms with Crippen LogP contribution >= 0.6 is 0 Å². The van der Waals surface area contributed by atoms with Gasteiger partial charge in [0.05, 0.1) is 16.9 Å². The number of hydrogen-bond acceptors (Lipinski definition) is 3. The number of rotatable bonds is 2. The van der Waals surface area contributed by atoms with Crippen molar-refractivity contribution in [2.24, 2.45) is 7.05 Å². The van der Waals surface area contributed by atoms with Gasteiger partial charge in [0.15, 0.2) is 0 Å². The highest BCUT2D eigenvalue weighted by Gasteiger charge is 2.49. The minimum absolute atomic E-state index is 0.290. The summed E-state index contributed by atoms with van der Waals surface area (Å²) in [5.74, 6) is 1.91. The van der Waals surface area contributed by atoms with Crippen LogP contribution < -0.4 is 0 Å². The van der Waals surface area contributed by atoms with Crippen LogP contribution in [0.15, 0.2) is 12.0 Å². The maximum absolute atomic E-state index is 5.88. The number of nitrogens with zero attached hydrogens (tertiary/aromatic N) is 2. The van der Waals surface area contributed by atoms with Crippen LogP contribution in [-0.2, 0) is 16.4 Å². The predicted octanol–water partition coefficient (Wildman–Crippen LogP) is 2.37. The first-order chi connectivity index (χ1) is 8.21. The third kappa shape index (κ3) is 2.38. The van der Waals surface area contributed by atoms with Crippen molar-refractivity contribution in [3.63, 3.8) is 0 Å². The fourth-order valence-electron chi connectivity index (χ4n) is 1.81. The van der Waals surface area contributed by atoms with Crippen molar-refractivity contribution in [1.82, 2.24) is 9.78 Å². The molecule has 4 nitrogen and oxygen atoms in total. The van der Waals surface area contributed by atoms with Gasteiger partial charge >= 0.3 is 7.12 Å². The minimum Gasteiger partial charge on any atom is -0.400 e. The standard InChI is InChI=1S/C13H21BN2O2/c1-10-9-11(15-16(10)6)7-8-14-17-12(2,3)13(4,5)18-14/h7-9H,1-6H3/b8-7+. The Hall–Kier alpha value is -1.07. The number of aryl methyl sites for hydroxylation is 2. The molecule has 1 aromatic heterocycles. The van der Waals surface area contributed by atoms with E-state index < -0.39 is 0 Å². The lowest BCUT2D eigenvalue weighted by molar-refractivity contribution is 0.00578. The molecule has 2 rings (SSSR count).